The van der Waals surface area contributed by atoms with E-state index in [0.29, 0.717) is 11.1 Å². The Morgan fingerprint density at radius 1 is 0.763 bits per heavy atom. The Morgan fingerprint density at radius 3 is 1.90 bits per heavy atom. The van der Waals surface area contributed by atoms with Crippen LogP contribution in [0.5, 0.6) is 0 Å². The third-order valence-corrected chi connectivity index (χ3v) is 22.4. The number of esters is 2. The summed E-state index contributed by atoms with van der Waals surface area (Å²) >= 11 is 0. The summed E-state index contributed by atoms with van der Waals surface area (Å²) in [6.45, 7) is 20.8. The molecule has 0 radical (unpaired) electrons. The Balaban J connectivity index is 1.43. The molecule has 3 aliphatic rings. The summed E-state index contributed by atoms with van der Waals surface area (Å²) in [5.41, 5.74) is -0.482. The normalized spacial score (nSPS) is 29.2. The zero-order chi connectivity index (χ0) is 42.8. The van der Waals surface area contributed by atoms with Crippen molar-refractivity contribution >= 4 is 29.1 Å². The molecule has 6 unspecified atom stereocenters. The SMILES string of the molecule is CC1C(COC(=O)c2ccccc2)OC(OC2[C@H]3O[Si](C(C)C)(C(C)C)O[Si](C(C)C)(C(C)C)OC[C@H]3O[C@H]2n2ccc(=O)[nH]c2=O)C(OC(=O)c2ccccc2)C1C. The van der Waals surface area contributed by atoms with Gasteiger partial charge in [-0.3, -0.25) is 14.3 Å². The lowest BCUT2D eigenvalue weighted by atomic mass is 9.83. The molecule has 59 heavy (non-hydrogen) atoms. The topological polar surface area (TPSA) is 163 Å². The van der Waals surface area contributed by atoms with Crippen LogP contribution in [0.2, 0.25) is 22.2 Å². The molecule has 0 spiro atoms. The Morgan fingerprint density at radius 2 is 1.34 bits per heavy atom. The van der Waals surface area contributed by atoms with Crippen molar-refractivity contribution in [3.63, 3.8) is 0 Å². The number of aromatic amines is 1. The van der Waals surface area contributed by atoms with Gasteiger partial charge in [0.2, 0.25) is 0 Å². The first-order chi connectivity index (χ1) is 28.0. The average Bonchev–Trinajstić information content (AvgIpc) is 3.51. The molecule has 3 aromatic rings. The predicted molar refractivity (Wildman–Crippen MR) is 223 cm³/mol. The van der Waals surface area contributed by atoms with Gasteiger partial charge in [-0.05, 0) is 52.3 Å². The third-order valence-electron chi connectivity index (χ3n) is 12.2. The van der Waals surface area contributed by atoms with Crippen molar-refractivity contribution in [2.24, 2.45) is 11.8 Å². The number of nitrogens with zero attached hydrogens (tertiary/aromatic N) is 1. The zero-order valence-corrected chi connectivity index (χ0v) is 37.7. The predicted octanol–water partition coefficient (Wildman–Crippen LogP) is 6.86. The highest BCUT2D eigenvalue weighted by atomic mass is 28.5. The molecule has 6 rings (SSSR count). The number of hydrogen-bond acceptors (Lipinski definition) is 12. The van der Waals surface area contributed by atoms with Crippen LogP contribution in [0.3, 0.4) is 0 Å². The number of aromatic nitrogens is 2. The minimum atomic E-state index is -3.26. The van der Waals surface area contributed by atoms with Crippen molar-refractivity contribution in [1.82, 2.24) is 9.55 Å². The average molecular weight is 853 g/mol. The van der Waals surface area contributed by atoms with Crippen LogP contribution in [0.25, 0.3) is 0 Å². The van der Waals surface area contributed by atoms with Crippen LogP contribution in [0.4, 0.5) is 0 Å². The number of nitrogens with one attached hydrogen (secondary N) is 1. The van der Waals surface area contributed by atoms with Gasteiger partial charge in [0.25, 0.3) is 5.56 Å². The van der Waals surface area contributed by atoms with Gasteiger partial charge >= 0.3 is 34.8 Å². The molecule has 0 saturated carbocycles. The van der Waals surface area contributed by atoms with E-state index in [4.69, 9.17) is 36.7 Å². The highest BCUT2D eigenvalue weighted by molar-refractivity contribution is 6.84. The van der Waals surface area contributed by atoms with Crippen molar-refractivity contribution < 1.29 is 46.2 Å². The van der Waals surface area contributed by atoms with Gasteiger partial charge in [-0.1, -0.05) is 106 Å². The maximum Gasteiger partial charge on any atom is 0.338 e. The van der Waals surface area contributed by atoms with Crippen LogP contribution in [-0.4, -0.2) is 88.6 Å². The molecule has 3 fully saturated rings. The first kappa shape index (κ1) is 44.8. The molecule has 0 bridgehead atoms. The summed E-state index contributed by atoms with van der Waals surface area (Å²) in [7, 11) is -6.24. The van der Waals surface area contributed by atoms with Crippen LogP contribution >= 0.6 is 0 Å². The molecule has 3 saturated heterocycles. The summed E-state index contributed by atoms with van der Waals surface area (Å²) in [4.78, 5) is 55.0. The number of carbonyl (C=O) groups excluding carboxylic acids is 2. The van der Waals surface area contributed by atoms with Crippen molar-refractivity contribution in [2.75, 3.05) is 13.2 Å². The Kier molecular flexibility index (Phi) is 14.0. The van der Waals surface area contributed by atoms with Crippen molar-refractivity contribution in [2.45, 2.75) is 134 Å². The number of benzene rings is 2. The second-order valence-corrected chi connectivity index (χ2v) is 26.0. The molecule has 16 heteroatoms. The highest BCUT2D eigenvalue weighted by Gasteiger charge is 2.63. The lowest BCUT2D eigenvalue weighted by molar-refractivity contribution is -0.298. The van der Waals surface area contributed by atoms with Gasteiger partial charge < -0.3 is 36.7 Å². The molecule has 1 N–H and O–H groups in total. The number of ether oxygens (including phenoxy) is 5. The molecule has 2 aromatic carbocycles. The molecule has 9 atom stereocenters. The first-order valence-electron chi connectivity index (χ1n) is 20.8. The molecule has 3 aliphatic heterocycles. The van der Waals surface area contributed by atoms with Crippen molar-refractivity contribution in [3.8, 4) is 0 Å². The van der Waals surface area contributed by atoms with Gasteiger partial charge in [0.1, 0.15) is 24.9 Å². The largest absolute Gasteiger partial charge is 0.459 e. The van der Waals surface area contributed by atoms with Gasteiger partial charge in [-0.25, -0.2) is 14.4 Å². The molecule has 4 heterocycles. The van der Waals surface area contributed by atoms with Crippen LogP contribution in [-0.2, 0) is 36.7 Å². The maximum absolute atomic E-state index is 13.7. The number of carbonyl (C=O) groups is 2. The third kappa shape index (κ3) is 9.15. The minimum Gasteiger partial charge on any atom is -0.459 e. The van der Waals surface area contributed by atoms with E-state index >= 15 is 0 Å². The second-order valence-electron chi connectivity index (χ2n) is 17.2. The monoisotopic (exact) mass is 852 g/mol. The van der Waals surface area contributed by atoms with Crippen LogP contribution in [0.1, 0.15) is 96.2 Å². The fourth-order valence-corrected chi connectivity index (χ4v) is 19.8. The summed E-state index contributed by atoms with van der Waals surface area (Å²) in [5.74, 6) is -1.73. The fourth-order valence-electron chi connectivity index (χ4n) is 8.58. The Bertz CT molecular complexity index is 1990. The Hall–Kier alpha value is -3.75. The fraction of sp³-hybridized carbons (Fsp3) is 0.581. The van der Waals surface area contributed by atoms with E-state index in [1.54, 1.807) is 48.5 Å². The quantitative estimate of drug-likeness (QED) is 0.149. The van der Waals surface area contributed by atoms with Gasteiger partial charge in [-0.2, -0.15) is 0 Å². The highest BCUT2D eigenvalue weighted by Crippen LogP contribution is 2.49. The van der Waals surface area contributed by atoms with Gasteiger partial charge in [0.05, 0.1) is 23.8 Å². The van der Waals surface area contributed by atoms with Crippen LogP contribution in [0, 0.1) is 11.8 Å². The summed E-state index contributed by atoms with van der Waals surface area (Å²) in [6, 6.07) is 18.5. The van der Waals surface area contributed by atoms with E-state index in [9.17, 15) is 19.2 Å². The van der Waals surface area contributed by atoms with Crippen molar-refractivity contribution in [3.05, 3.63) is 105 Å². The Labute approximate surface area is 348 Å². The standard InChI is InChI=1S/C43H60N2O12Si2/c1-25(2)58(26(3)4)51-24-34-37(56-59(57-58,27(5)6)28(7)8)38(39(52-34)45-22-21-35(46)44-43(45)49)55-42-36(54-41(48)32-19-15-12-16-20-32)30(10)29(9)33(53-42)23-50-40(47)31-17-13-11-14-18-31/h11-22,25-30,33-34,36-39,42H,23-24H2,1-10H3,(H,44,46,49)/t29?,30?,33?,34-,36?,37+,38?,39-,42?/m1/s1. The summed E-state index contributed by atoms with van der Waals surface area (Å²) in [5, 5.41) is 0. The van der Waals surface area contributed by atoms with Crippen LogP contribution < -0.4 is 11.2 Å². The van der Waals surface area contributed by atoms with E-state index in [1.807, 2.05) is 26.0 Å². The minimum absolute atomic E-state index is 0.0419. The van der Waals surface area contributed by atoms with E-state index in [-0.39, 0.29) is 47.2 Å². The lowest BCUT2D eigenvalue weighted by Crippen LogP contribution is -2.66. The van der Waals surface area contributed by atoms with E-state index in [2.05, 4.69) is 60.4 Å². The number of rotatable bonds is 12. The van der Waals surface area contributed by atoms with Gasteiger partial charge in [-0.15, -0.1) is 0 Å². The lowest BCUT2D eigenvalue weighted by Gasteiger charge is -2.51. The van der Waals surface area contributed by atoms with Crippen LogP contribution in [0.15, 0.2) is 82.5 Å². The molecule has 0 aliphatic carbocycles. The molecular formula is C43H60N2O12Si2. The number of fused-ring (bicyclic) bond motifs is 1. The number of hydrogen-bond donors (Lipinski definition) is 1. The molecule has 0 amide bonds. The smallest absolute Gasteiger partial charge is 0.338 e. The maximum atomic E-state index is 13.7. The molecule has 14 nitrogen and oxygen atoms in total. The van der Waals surface area contributed by atoms with E-state index in [1.165, 1.54) is 16.8 Å². The van der Waals surface area contributed by atoms with E-state index < -0.39 is 83.3 Å². The second kappa shape index (κ2) is 18.5. The molecular weight excluding hydrogens is 793 g/mol. The molecule has 1 aromatic heterocycles. The first-order valence-corrected chi connectivity index (χ1v) is 24.7. The summed E-state index contributed by atoms with van der Waals surface area (Å²) < 4.78 is 55.7. The number of H-pyrrole nitrogens is 1. The zero-order valence-electron chi connectivity index (χ0n) is 35.7. The van der Waals surface area contributed by atoms with Gasteiger partial charge in [0.15, 0.2) is 18.6 Å². The molecule has 322 valence electrons. The van der Waals surface area contributed by atoms with Crippen molar-refractivity contribution in [1.29, 1.82) is 0 Å². The summed E-state index contributed by atoms with van der Waals surface area (Å²) in [6.07, 6.45) is -5.37. The van der Waals surface area contributed by atoms with Gasteiger partial charge in [0, 0.05) is 18.2 Å². The van der Waals surface area contributed by atoms with E-state index in [0.717, 1.165) is 0 Å².